The number of carbonyl (C=O) groups is 1. The van der Waals surface area contributed by atoms with Gasteiger partial charge in [-0.15, -0.1) is 0 Å². The van der Waals surface area contributed by atoms with Crippen LogP contribution < -0.4 is 10.6 Å². The van der Waals surface area contributed by atoms with E-state index in [1.54, 1.807) is 18.7 Å². The molecule has 0 aliphatic heterocycles. The van der Waals surface area contributed by atoms with Crippen molar-refractivity contribution in [2.24, 2.45) is 12.5 Å². The lowest BCUT2D eigenvalue weighted by Crippen LogP contribution is -2.69. The first kappa shape index (κ1) is 17.1. The molecule has 8 nitrogen and oxygen atoms in total. The number of nitrogens with zero attached hydrogens (tertiary/aromatic N) is 5. The lowest BCUT2D eigenvalue weighted by Gasteiger charge is -2.61. The lowest BCUT2D eigenvalue weighted by molar-refractivity contribution is -0.0301. The number of rotatable bonds is 4. The molecule has 3 heterocycles. The Morgan fingerprint density at radius 2 is 2.07 bits per heavy atom. The summed E-state index contributed by atoms with van der Waals surface area (Å²) in [6.45, 7) is 1.90. The van der Waals surface area contributed by atoms with E-state index in [0.29, 0.717) is 5.69 Å². The molecule has 2 N–H and O–H groups in total. The van der Waals surface area contributed by atoms with Gasteiger partial charge in [0, 0.05) is 30.2 Å². The summed E-state index contributed by atoms with van der Waals surface area (Å²) in [6.07, 6.45) is 7.59. The number of carbonyl (C=O) groups excluding carboxylic acids is 1. The summed E-state index contributed by atoms with van der Waals surface area (Å²) < 4.78 is 1.89. The zero-order valence-corrected chi connectivity index (χ0v) is 16.0. The first-order chi connectivity index (χ1) is 13.6. The number of hydrogen-bond acceptors (Lipinski definition) is 6. The fourth-order valence-corrected chi connectivity index (χ4v) is 4.59. The van der Waals surface area contributed by atoms with Gasteiger partial charge in [0.15, 0.2) is 11.5 Å². The molecule has 5 rings (SSSR count). The molecule has 3 aromatic heterocycles. The third-order valence-corrected chi connectivity index (χ3v) is 6.38. The molecule has 2 atom stereocenters. The molecule has 0 radical (unpaired) electrons. The van der Waals surface area contributed by atoms with Crippen LogP contribution in [0.1, 0.15) is 41.9 Å². The minimum atomic E-state index is -0.0902. The summed E-state index contributed by atoms with van der Waals surface area (Å²) >= 11 is 0. The Morgan fingerprint density at radius 1 is 1.21 bits per heavy atom. The first-order valence-corrected chi connectivity index (χ1v) is 9.70. The number of aromatic nitrogens is 5. The maximum Gasteiger partial charge on any atom is 0.270 e. The van der Waals surface area contributed by atoms with E-state index < -0.39 is 0 Å². The van der Waals surface area contributed by atoms with Crippen LogP contribution in [0.4, 0.5) is 5.82 Å². The van der Waals surface area contributed by atoms with E-state index in [-0.39, 0.29) is 23.4 Å². The number of fused-ring (bicyclic) bond motifs is 1. The highest BCUT2D eigenvalue weighted by molar-refractivity contribution is 5.92. The summed E-state index contributed by atoms with van der Waals surface area (Å²) in [7, 11) is 1.92. The highest BCUT2D eigenvalue weighted by Crippen LogP contribution is 2.57. The van der Waals surface area contributed by atoms with Crippen molar-refractivity contribution in [3.63, 3.8) is 0 Å². The Kier molecular flexibility index (Phi) is 3.82. The smallest absolute Gasteiger partial charge is 0.270 e. The van der Waals surface area contributed by atoms with E-state index in [1.165, 1.54) is 6.42 Å². The number of imidazole rings is 1. The Balaban J connectivity index is 1.33. The van der Waals surface area contributed by atoms with Crippen LogP contribution in [0.25, 0.3) is 11.2 Å². The second-order valence-corrected chi connectivity index (χ2v) is 7.96. The molecule has 0 bridgehead atoms. The topological polar surface area (TPSA) is 97.6 Å². The summed E-state index contributed by atoms with van der Waals surface area (Å²) in [6, 6.07) is 5.97. The van der Waals surface area contributed by atoms with Gasteiger partial charge in [0.05, 0.1) is 6.33 Å². The molecule has 3 aromatic rings. The molecule has 28 heavy (non-hydrogen) atoms. The molecule has 0 saturated heterocycles. The molecule has 2 aliphatic carbocycles. The molecule has 2 aliphatic rings. The van der Waals surface area contributed by atoms with Gasteiger partial charge in [0.2, 0.25) is 0 Å². The highest BCUT2D eigenvalue weighted by Gasteiger charge is 2.59. The van der Waals surface area contributed by atoms with Crippen LogP contribution in [0.15, 0.2) is 30.9 Å². The van der Waals surface area contributed by atoms with Crippen molar-refractivity contribution in [3.05, 3.63) is 42.2 Å². The van der Waals surface area contributed by atoms with Gasteiger partial charge in [-0.3, -0.25) is 4.79 Å². The van der Waals surface area contributed by atoms with Crippen molar-refractivity contribution in [2.75, 3.05) is 5.32 Å². The van der Waals surface area contributed by atoms with Gasteiger partial charge in [-0.05, 0) is 38.3 Å². The molecule has 144 valence electrons. The van der Waals surface area contributed by atoms with Crippen LogP contribution in [0, 0.1) is 12.3 Å². The molecule has 1 spiro atoms. The Bertz CT molecular complexity index is 1060. The van der Waals surface area contributed by atoms with Crippen molar-refractivity contribution in [1.82, 2.24) is 29.8 Å². The second kappa shape index (κ2) is 6.25. The highest BCUT2D eigenvalue weighted by atomic mass is 16.2. The normalized spacial score (nSPS) is 22.5. The predicted octanol–water partition coefficient (Wildman–Crippen LogP) is 2.22. The number of hydrogen-bond donors (Lipinski definition) is 2. The molecule has 2 fully saturated rings. The predicted molar refractivity (Wildman–Crippen MR) is 105 cm³/mol. The van der Waals surface area contributed by atoms with E-state index in [9.17, 15) is 4.79 Å². The molecule has 2 unspecified atom stereocenters. The van der Waals surface area contributed by atoms with Crippen molar-refractivity contribution in [2.45, 2.75) is 44.7 Å². The largest absolute Gasteiger partial charge is 0.365 e. The molecule has 8 heteroatoms. The van der Waals surface area contributed by atoms with Crippen LogP contribution >= 0.6 is 0 Å². The fourth-order valence-electron chi connectivity index (χ4n) is 4.59. The number of aryl methyl sites for hydroxylation is 2. The van der Waals surface area contributed by atoms with Crippen LogP contribution in [0.3, 0.4) is 0 Å². The molecule has 1 amide bonds. The van der Waals surface area contributed by atoms with E-state index in [1.807, 2.05) is 30.7 Å². The van der Waals surface area contributed by atoms with Gasteiger partial charge >= 0.3 is 0 Å². The number of anilines is 1. The number of pyridine rings is 1. The zero-order valence-electron chi connectivity index (χ0n) is 16.0. The summed E-state index contributed by atoms with van der Waals surface area (Å²) in [5.74, 6) is 0.680. The zero-order chi connectivity index (χ0) is 19.3. The van der Waals surface area contributed by atoms with Crippen molar-refractivity contribution in [3.8, 4) is 0 Å². The van der Waals surface area contributed by atoms with Crippen LogP contribution in [-0.4, -0.2) is 42.5 Å². The maximum absolute atomic E-state index is 12.6. The van der Waals surface area contributed by atoms with Gasteiger partial charge in [-0.2, -0.15) is 0 Å². The molecular weight excluding hydrogens is 354 g/mol. The van der Waals surface area contributed by atoms with Crippen LogP contribution in [0.5, 0.6) is 0 Å². The van der Waals surface area contributed by atoms with Gasteiger partial charge < -0.3 is 15.2 Å². The van der Waals surface area contributed by atoms with Gasteiger partial charge in [-0.25, -0.2) is 19.9 Å². The van der Waals surface area contributed by atoms with E-state index in [0.717, 1.165) is 41.9 Å². The van der Waals surface area contributed by atoms with Crippen LogP contribution in [0.2, 0.25) is 0 Å². The quantitative estimate of drug-likeness (QED) is 0.724. The second-order valence-electron chi connectivity index (χ2n) is 7.96. The molecule has 0 aromatic carbocycles. The first-order valence-electron chi connectivity index (χ1n) is 9.70. The monoisotopic (exact) mass is 377 g/mol. The fraction of sp³-hybridized carbons (Fsp3) is 0.450. The minimum absolute atomic E-state index is 0.0888. The van der Waals surface area contributed by atoms with Crippen molar-refractivity contribution >= 4 is 22.9 Å². The van der Waals surface area contributed by atoms with Crippen molar-refractivity contribution < 1.29 is 4.79 Å². The number of amides is 1. The van der Waals surface area contributed by atoms with Crippen LogP contribution in [-0.2, 0) is 7.05 Å². The standard InChI is InChI=1S/C20H23N7O/c1-12-5-3-6-13(24-12)19(28)26-15-9-14(20(15)7-4-8-20)25-17-16-18(22-10-21-17)27(2)11-23-16/h3,5-6,10-11,14-15H,4,7-9H2,1-2H3,(H,26,28)(H,21,22,25). The lowest BCUT2D eigenvalue weighted by atomic mass is 9.49. The Morgan fingerprint density at radius 3 is 2.82 bits per heavy atom. The SMILES string of the molecule is Cc1cccc(C(=O)NC2CC(Nc3ncnc4c3ncn4C)C23CCC3)n1. The number of nitrogens with one attached hydrogen (secondary N) is 2. The average Bonchev–Trinajstić information content (AvgIpc) is 3.01. The van der Waals surface area contributed by atoms with Gasteiger partial charge in [-0.1, -0.05) is 12.5 Å². The Hall–Kier alpha value is -3.03. The van der Waals surface area contributed by atoms with E-state index >= 15 is 0 Å². The maximum atomic E-state index is 12.6. The van der Waals surface area contributed by atoms with E-state index in [2.05, 4.69) is 30.6 Å². The average molecular weight is 377 g/mol. The minimum Gasteiger partial charge on any atom is -0.365 e. The Labute approximate surface area is 162 Å². The molecule has 2 saturated carbocycles. The third-order valence-electron chi connectivity index (χ3n) is 6.38. The van der Waals surface area contributed by atoms with Crippen molar-refractivity contribution in [1.29, 1.82) is 0 Å². The summed E-state index contributed by atoms with van der Waals surface area (Å²) in [5, 5.41) is 6.80. The van der Waals surface area contributed by atoms with Gasteiger partial charge in [0.25, 0.3) is 5.91 Å². The third kappa shape index (κ3) is 2.55. The summed E-state index contributed by atoms with van der Waals surface area (Å²) in [5.41, 5.74) is 3.02. The summed E-state index contributed by atoms with van der Waals surface area (Å²) in [4.78, 5) is 30.1. The molecular formula is C20H23N7O. The van der Waals surface area contributed by atoms with E-state index in [4.69, 9.17) is 0 Å². The van der Waals surface area contributed by atoms with Gasteiger partial charge in [0.1, 0.15) is 17.5 Å².